The van der Waals surface area contributed by atoms with Crippen LogP contribution >= 0.6 is 0 Å². The lowest BCUT2D eigenvalue weighted by molar-refractivity contribution is -0.132. The second-order valence-electron chi connectivity index (χ2n) is 8.17. The number of halogens is 1. The summed E-state index contributed by atoms with van der Waals surface area (Å²) >= 11 is 0. The molecule has 0 saturated heterocycles. The van der Waals surface area contributed by atoms with Crippen molar-refractivity contribution in [2.45, 2.75) is 40.7 Å². The lowest BCUT2D eigenvalue weighted by Gasteiger charge is -2.17. The molecule has 0 unspecified atom stereocenters. The van der Waals surface area contributed by atoms with Crippen molar-refractivity contribution in [3.8, 4) is 28.4 Å². The summed E-state index contributed by atoms with van der Waals surface area (Å²) in [6.07, 6.45) is 0.744. The number of carbonyl (C=O) groups is 3. The number of hydrogen-bond acceptors (Lipinski definition) is 7. The molecular formula is C28H29FO7. The van der Waals surface area contributed by atoms with E-state index in [9.17, 15) is 18.8 Å². The van der Waals surface area contributed by atoms with Gasteiger partial charge in [0.2, 0.25) is 0 Å². The molecule has 8 heteroatoms. The Hall–Kier alpha value is -4.04. The Kier molecular flexibility index (Phi) is 9.87. The minimum atomic E-state index is -0.788. The van der Waals surface area contributed by atoms with Gasteiger partial charge in [0, 0.05) is 28.9 Å². The molecule has 36 heavy (non-hydrogen) atoms. The third-order valence-corrected chi connectivity index (χ3v) is 4.65. The van der Waals surface area contributed by atoms with Crippen LogP contribution in [0.25, 0.3) is 11.1 Å². The number of carbonyl (C=O) groups excluding carboxylic acids is 3. The summed E-state index contributed by atoms with van der Waals surface area (Å²) in [5.41, 5.74) is 1.58. The highest BCUT2D eigenvalue weighted by Gasteiger charge is 2.22. The molecule has 0 spiro atoms. The van der Waals surface area contributed by atoms with Crippen LogP contribution in [-0.4, -0.2) is 24.5 Å². The molecule has 2 aromatic rings. The molecule has 190 valence electrons. The van der Waals surface area contributed by atoms with Crippen molar-refractivity contribution in [2.24, 2.45) is 0 Å². The first kappa shape index (κ1) is 28.2. The zero-order valence-corrected chi connectivity index (χ0v) is 20.9. The third-order valence-electron chi connectivity index (χ3n) is 4.65. The molecule has 0 N–H and O–H groups in total. The predicted octanol–water partition coefficient (Wildman–Crippen LogP) is 5.86. The number of rotatable bonds is 11. The monoisotopic (exact) mass is 496 g/mol. The predicted molar refractivity (Wildman–Crippen MR) is 133 cm³/mol. The summed E-state index contributed by atoms with van der Waals surface area (Å²) < 4.78 is 36.3. The van der Waals surface area contributed by atoms with Gasteiger partial charge in [0.05, 0.1) is 6.61 Å². The van der Waals surface area contributed by atoms with Crippen molar-refractivity contribution in [3.63, 3.8) is 0 Å². The number of ether oxygens (including phenoxy) is 4. The Morgan fingerprint density at radius 1 is 0.778 bits per heavy atom. The van der Waals surface area contributed by atoms with Gasteiger partial charge in [-0.1, -0.05) is 32.7 Å². The van der Waals surface area contributed by atoms with Crippen LogP contribution in [0.1, 0.15) is 39.7 Å². The topological polar surface area (TPSA) is 88.1 Å². The van der Waals surface area contributed by atoms with Gasteiger partial charge < -0.3 is 18.9 Å². The van der Waals surface area contributed by atoms with Crippen LogP contribution in [0, 0.1) is 5.82 Å². The molecule has 0 atom stereocenters. The largest absolute Gasteiger partial charge is 0.420 e. The van der Waals surface area contributed by atoms with E-state index in [1.54, 1.807) is 6.07 Å². The third kappa shape index (κ3) is 7.48. The minimum absolute atomic E-state index is 0.0227. The zero-order chi connectivity index (χ0) is 27.0. The SMILES string of the molecule is C=C(C)C(=O)Oc1ccc(-c2cc(COCCC)c(OC(=O)C(=C)C)c(OC(=O)C(=C)C)c2)cc1F. The van der Waals surface area contributed by atoms with Crippen molar-refractivity contribution in [3.05, 3.63) is 78.2 Å². The summed E-state index contributed by atoms with van der Waals surface area (Å²) in [5.74, 6) is -3.37. The molecule has 0 bridgehead atoms. The average molecular weight is 497 g/mol. The van der Waals surface area contributed by atoms with Crippen molar-refractivity contribution in [2.75, 3.05) is 6.61 Å². The summed E-state index contributed by atoms with van der Waals surface area (Å²) in [7, 11) is 0. The molecule has 7 nitrogen and oxygen atoms in total. The Balaban J connectivity index is 2.63. The first-order valence-corrected chi connectivity index (χ1v) is 11.1. The van der Waals surface area contributed by atoms with Crippen LogP contribution in [0.5, 0.6) is 17.2 Å². The highest BCUT2D eigenvalue weighted by atomic mass is 19.1. The Bertz CT molecular complexity index is 1230. The first-order valence-electron chi connectivity index (χ1n) is 11.1. The maximum atomic E-state index is 14.8. The number of benzene rings is 2. The Labute approximate surface area is 209 Å². The van der Waals surface area contributed by atoms with Crippen molar-refractivity contribution < 1.29 is 37.7 Å². The van der Waals surface area contributed by atoms with E-state index in [1.165, 1.54) is 39.0 Å². The van der Waals surface area contributed by atoms with Gasteiger partial charge in [-0.25, -0.2) is 18.8 Å². The smallest absolute Gasteiger partial charge is 0.338 e. The molecule has 0 aromatic heterocycles. The van der Waals surface area contributed by atoms with E-state index in [1.807, 2.05) is 6.92 Å². The molecule has 0 aliphatic carbocycles. The first-order chi connectivity index (χ1) is 16.9. The van der Waals surface area contributed by atoms with Gasteiger partial charge in [0.25, 0.3) is 0 Å². The second-order valence-corrected chi connectivity index (χ2v) is 8.17. The fraction of sp³-hybridized carbons (Fsp3) is 0.250. The van der Waals surface area contributed by atoms with E-state index in [0.29, 0.717) is 23.3 Å². The average Bonchev–Trinajstić information content (AvgIpc) is 2.81. The van der Waals surface area contributed by atoms with E-state index >= 15 is 0 Å². The van der Waals surface area contributed by atoms with E-state index < -0.39 is 23.7 Å². The quantitative estimate of drug-likeness (QED) is 0.167. The molecule has 0 saturated carbocycles. The molecule has 0 aliphatic rings. The zero-order valence-electron chi connectivity index (χ0n) is 20.9. The van der Waals surface area contributed by atoms with Gasteiger partial charge in [-0.15, -0.1) is 0 Å². The maximum absolute atomic E-state index is 14.8. The van der Waals surface area contributed by atoms with Gasteiger partial charge in [-0.3, -0.25) is 0 Å². The Morgan fingerprint density at radius 2 is 1.33 bits per heavy atom. The fourth-order valence-corrected chi connectivity index (χ4v) is 2.77. The van der Waals surface area contributed by atoms with E-state index in [-0.39, 0.29) is 40.6 Å². The molecule has 0 radical (unpaired) electrons. The van der Waals surface area contributed by atoms with Crippen LogP contribution in [0.2, 0.25) is 0 Å². The van der Waals surface area contributed by atoms with E-state index in [2.05, 4.69) is 19.7 Å². The molecule has 0 amide bonds. The molecular weight excluding hydrogens is 467 g/mol. The fourth-order valence-electron chi connectivity index (χ4n) is 2.77. The van der Waals surface area contributed by atoms with Crippen LogP contribution < -0.4 is 14.2 Å². The lowest BCUT2D eigenvalue weighted by atomic mass is 10.0. The molecule has 0 fully saturated rings. The van der Waals surface area contributed by atoms with Gasteiger partial charge >= 0.3 is 17.9 Å². The lowest BCUT2D eigenvalue weighted by Crippen LogP contribution is -2.14. The van der Waals surface area contributed by atoms with Crippen LogP contribution in [0.15, 0.2) is 66.8 Å². The van der Waals surface area contributed by atoms with Crippen molar-refractivity contribution in [1.82, 2.24) is 0 Å². The van der Waals surface area contributed by atoms with Crippen LogP contribution in [0.4, 0.5) is 4.39 Å². The van der Waals surface area contributed by atoms with E-state index in [0.717, 1.165) is 12.5 Å². The number of esters is 3. The van der Waals surface area contributed by atoms with Gasteiger partial charge in [-0.2, -0.15) is 0 Å². The van der Waals surface area contributed by atoms with E-state index in [4.69, 9.17) is 18.9 Å². The standard InChI is InChI=1S/C28H29FO7/c1-8-11-33-15-21-12-20(19-9-10-23(22(29)13-19)34-26(30)16(2)3)14-24(35-27(31)17(4)5)25(21)36-28(32)18(6)7/h9-10,12-14H,2,4,6,8,11,15H2,1,3,5,7H3. The van der Waals surface area contributed by atoms with Gasteiger partial charge in [0.1, 0.15) is 0 Å². The number of hydrogen-bond donors (Lipinski definition) is 0. The molecule has 0 heterocycles. The molecule has 2 rings (SSSR count). The highest BCUT2D eigenvalue weighted by molar-refractivity contribution is 5.92. The Morgan fingerprint density at radius 3 is 1.86 bits per heavy atom. The second kappa shape index (κ2) is 12.6. The van der Waals surface area contributed by atoms with Gasteiger partial charge in [-0.05, 0) is 62.6 Å². The molecule has 2 aromatic carbocycles. The van der Waals surface area contributed by atoms with Crippen molar-refractivity contribution >= 4 is 17.9 Å². The summed E-state index contributed by atoms with van der Waals surface area (Å²) in [5, 5.41) is 0. The summed E-state index contributed by atoms with van der Waals surface area (Å²) in [6, 6.07) is 7.05. The van der Waals surface area contributed by atoms with Crippen LogP contribution in [0.3, 0.4) is 0 Å². The van der Waals surface area contributed by atoms with Crippen LogP contribution in [-0.2, 0) is 25.7 Å². The highest BCUT2D eigenvalue weighted by Crippen LogP contribution is 2.39. The maximum Gasteiger partial charge on any atom is 0.338 e. The normalized spacial score (nSPS) is 10.4. The van der Waals surface area contributed by atoms with Crippen molar-refractivity contribution in [1.29, 1.82) is 0 Å². The molecule has 0 aliphatic heterocycles. The van der Waals surface area contributed by atoms with Gasteiger partial charge in [0.15, 0.2) is 23.1 Å². The minimum Gasteiger partial charge on any atom is -0.420 e. The summed E-state index contributed by atoms with van der Waals surface area (Å²) in [4.78, 5) is 36.4. The summed E-state index contributed by atoms with van der Waals surface area (Å²) in [6.45, 7) is 17.4.